The number of rotatable bonds is 5. The summed E-state index contributed by atoms with van der Waals surface area (Å²) < 4.78 is 56.3. The van der Waals surface area contributed by atoms with Crippen molar-refractivity contribution in [3.63, 3.8) is 0 Å². The van der Waals surface area contributed by atoms with Crippen LogP contribution in [0.15, 0.2) is 29.2 Å². The van der Waals surface area contributed by atoms with Crippen LogP contribution in [0.3, 0.4) is 0 Å². The molecule has 0 aromatic heterocycles. The smallest absolute Gasteiger partial charge is 0.262 e. The number of nitrogens with zero attached hydrogens (tertiary/aromatic N) is 3. The first-order chi connectivity index (χ1) is 14.3. The maximum atomic E-state index is 14.3. The van der Waals surface area contributed by atoms with Gasteiger partial charge in [0, 0.05) is 38.1 Å². The molecule has 1 aromatic rings. The van der Waals surface area contributed by atoms with E-state index in [-0.39, 0.29) is 25.0 Å². The van der Waals surface area contributed by atoms with Crippen molar-refractivity contribution in [3.05, 3.63) is 29.8 Å². The molecular weight excluding hydrogens is 408 g/mol. The molecule has 3 saturated heterocycles. The quantitative estimate of drug-likeness (QED) is 0.703. The molecule has 0 aliphatic carbocycles. The van der Waals surface area contributed by atoms with E-state index in [1.807, 2.05) is 11.0 Å². The minimum absolute atomic E-state index is 0.0245. The van der Waals surface area contributed by atoms with Gasteiger partial charge in [-0.05, 0) is 57.3 Å². The molecule has 30 heavy (non-hydrogen) atoms. The first-order valence-electron chi connectivity index (χ1n) is 11.2. The van der Waals surface area contributed by atoms with Crippen LogP contribution in [-0.4, -0.2) is 79.8 Å². The molecule has 1 atom stereocenters. The number of aryl methyl sites for hydroxylation is 1. The lowest BCUT2D eigenvalue weighted by Crippen LogP contribution is -2.51. The first kappa shape index (κ1) is 22.1. The van der Waals surface area contributed by atoms with Gasteiger partial charge < -0.3 is 4.90 Å². The van der Waals surface area contributed by atoms with Gasteiger partial charge in [0.15, 0.2) is 0 Å². The monoisotopic (exact) mass is 441 g/mol. The van der Waals surface area contributed by atoms with E-state index < -0.39 is 15.9 Å². The number of sulfonamides is 1. The third kappa shape index (κ3) is 4.71. The average molecular weight is 442 g/mol. The number of alkyl halides is 2. The Bertz CT molecular complexity index is 835. The third-order valence-corrected chi connectivity index (χ3v) is 9.00. The van der Waals surface area contributed by atoms with Crippen LogP contribution < -0.4 is 0 Å². The van der Waals surface area contributed by atoms with Crippen molar-refractivity contribution in [2.24, 2.45) is 0 Å². The number of hydrogen-bond donors (Lipinski definition) is 0. The number of likely N-dealkylation sites (tertiary alicyclic amines) is 2. The van der Waals surface area contributed by atoms with E-state index in [2.05, 4.69) is 4.90 Å². The number of hydrogen-bond acceptors (Lipinski definition) is 4. The lowest BCUT2D eigenvalue weighted by molar-refractivity contribution is 0.00466. The fourth-order valence-electron chi connectivity index (χ4n) is 5.36. The summed E-state index contributed by atoms with van der Waals surface area (Å²) in [6, 6.07) is 6.91. The van der Waals surface area contributed by atoms with Gasteiger partial charge in [0.1, 0.15) is 0 Å². The van der Waals surface area contributed by atoms with Crippen LogP contribution in [0, 0.1) is 6.92 Å². The highest BCUT2D eigenvalue weighted by atomic mass is 32.2. The van der Waals surface area contributed by atoms with Crippen LogP contribution >= 0.6 is 0 Å². The Kier molecular flexibility index (Phi) is 6.49. The summed E-state index contributed by atoms with van der Waals surface area (Å²) in [5.74, 6) is -2.65. The molecule has 8 heteroatoms. The Morgan fingerprint density at radius 1 is 1.03 bits per heavy atom. The molecule has 0 saturated carbocycles. The fraction of sp³-hybridized carbons (Fsp3) is 0.727. The predicted octanol–water partition coefficient (Wildman–Crippen LogP) is 3.34. The molecular formula is C22H33F2N3O2S. The van der Waals surface area contributed by atoms with Crippen LogP contribution in [-0.2, 0) is 10.0 Å². The fourth-order valence-corrected chi connectivity index (χ4v) is 7.05. The van der Waals surface area contributed by atoms with Crippen molar-refractivity contribution in [2.75, 3.05) is 39.3 Å². The Morgan fingerprint density at radius 3 is 2.37 bits per heavy atom. The summed E-state index contributed by atoms with van der Waals surface area (Å²) in [6.07, 6.45) is 4.67. The lowest BCUT2D eigenvalue weighted by Gasteiger charge is -2.40. The lowest BCUT2D eigenvalue weighted by atomic mass is 10.0. The van der Waals surface area contributed by atoms with Gasteiger partial charge in [0.05, 0.1) is 11.4 Å². The molecule has 168 valence electrons. The van der Waals surface area contributed by atoms with Crippen molar-refractivity contribution in [2.45, 2.75) is 68.4 Å². The molecule has 0 bridgehead atoms. The SMILES string of the molecule is Cc1ccccc1S(=O)(=O)N1CCC(N2CC(F)(F)C[C@H]2CN2CCCCC2)CC1. The molecule has 0 amide bonds. The second kappa shape index (κ2) is 8.81. The molecule has 3 fully saturated rings. The Balaban J connectivity index is 1.41. The zero-order chi connectivity index (χ0) is 21.4. The zero-order valence-electron chi connectivity index (χ0n) is 17.8. The first-order valence-corrected chi connectivity index (χ1v) is 12.6. The molecule has 4 rings (SSSR count). The van der Waals surface area contributed by atoms with Crippen molar-refractivity contribution >= 4 is 10.0 Å². The van der Waals surface area contributed by atoms with Gasteiger partial charge in [-0.3, -0.25) is 4.90 Å². The van der Waals surface area contributed by atoms with Crippen LogP contribution in [0.25, 0.3) is 0 Å². The van der Waals surface area contributed by atoms with Gasteiger partial charge >= 0.3 is 0 Å². The number of benzene rings is 1. The third-order valence-electron chi connectivity index (χ3n) is 6.94. The summed E-state index contributed by atoms with van der Waals surface area (Å²) in [5.41, 5.74) is 0.736. The average Bonchev–Trinajstić information content (AvgIpc) is 3.03. The van der Waals surface area contributed by atoms with Gasteiger partial charge in [-0.15, -0.1) is 0 Å². The minimum Gasteiger partial charge on any atom is -0.302 e. The second-order valence-electron chi connectivity index (χ2n) is 9.15. The molecule has 0 spiro atoms. The summed E-state index contributed by atoms with van der Waals surface area (Å²) in [5, 5.41) is 0. The number of piperidine rings is 2. The summed E-state index contributed by atoms with van der Waals surface area (Å²) in [4.78, 5) is 4.67. The van der Waals surface area contributed by atoms with Gasteiger partial charge in [-0.25, -0.2) is 17.2 Å². The minimum atomic E-state index is -3.54. The highest BCUT2D eigenvalue weighted by Gasteiger charge is 2.48. The highest BCUT2D eigenvalue weighted by molar-refractivity contribution is 7.89. The van der Waals surface area contributed by atoms with Gasteiger partial charge in [-0.2, -0.15) is 4.31 Å². The standard InChI is InChI=1S/C22H33F2N3O2S/c1-18-7-3-4-8-21(18)30(28,29)26-13-9-19(10-14-26)27-17-22(23,24)15-20(27)16-25-11-5-2-6-12-25/h3-4,7-8,19-20H,2,5-6,9-17H2,1H3/t20-/m0/s1. The van der Waals surface area contributed by atoms with Crippen LogP contribution in [0.1, 0.15) is 44.1 Å². The van der Waals surface area contributed by atoms with Crippen LogP contribution in [0.4, 0.5) is 8.78 Å². The Labute approximate surface area is 179 Å². The molecule has 1 aromatic carbocycles. The molecule has 3 aliphatic heterocycles. The van der Waals surface area contributed by atoms with Crippen LogP contribution in [0.2, 0.25) is 0 Å². The molecule has 3 aliphatic rings. The van der Waals surface area contributed by atoms with Gasteiger partial charge in [-0.1, -0.05) is 24.6 Å². The van der Waals surface area contributed by atoms with Gasteiger partial charge in [0.25, 0.3) is 5.92 Å². The topological polar surface area (TPSA) is 43.9 Å². The van der Waals surface area contributed by atoms with E-state index in [4.69, 9.17) is 0 Å². The van der Waals surface area contributed by atoms with Crippen molar-refractivity contribution in [1.29, 1.82) is 0 Å². The van der Waals surface area contributed by atoms with E-state index in [9.17, 15) is 17.2 Å². The van der Waals surface area contributed by atoms with E-state index in [1.54, 1.807) is 25.1 Å². The molecule has 0 unspecified atom stereocenters. The number of halogens is 2. The second-order valence-corrected chi connectivity index (χ2v) is 11.1. The molecule has 0 N–H and O–H groups in total. The summed E-state index contributed by atoms with van der Waals surface area (Å²) >= 11 is 0. The highest BCUT2D eigenvalue weighted by Crippen LogP contribution is 2.37. The van der Waals surface area contributed by atoms with E-state index in [0.29, 0.717) is 37.4 Å². The molecule has 0 radical (unpaired) electrons. The maximum absolute atomic E-state index is 14.3. The molecule has 5 nitrogen and oxygen atoms in total. The van der Waals surface area contributed by atoms with Crippen molar-refractivity contribution in [1.82, 2.24) is 14.1 Å². The normalized spacial score (nSPS) is 27.5. The van der Waals surface area contributed by atoms with Crippen molar-refractivity contribution in [3.8, 4) is 0 Å². The molecule has 3 heterocycles. The van der Waals surface area contributed by atoms with E-state index in [1.165, 1.54) is 10.7 Å². The van der Waals surface area contributed by atoms with Crippen LogP contribution in [0.5, 0.6) is 0 Å². The Hall–Kier alpha value is -1.09. The summed E-state index contributed by atoms with van der Waals surface area (Å²) in [7, 11) is -3.54. The van der Waals surface area contributed by atoms with Crippen molar-refractivity contribution < 1.29 is 17.2 Å². The van der Waals surface area contributed by atoms with Gasteiger partial charge in [0.2, 0.25) is 10.0 Å². The maximum Gasteiger partial charge on any atom is 0.262 e. The largest absolute Gasteiger partial charge is 0.302 e. The Morgan fingerprint density at radius 2 is 1.70 bits per heavy atom. The van der Waals surface area contributed by atoms with E-state index >= 15 is 0 Å². The van der Waals surface area contributed by atoms with E-state index in [0.717, 1.165) is 31.5 Å². The zero-order valence-corrected chi connectivity index (χ0v) is 18.6. The predicted molar refractivity (Wildman–Crippen MR) is 113 cm³/mol. The summed E-state index contributed by atoms with van der Waals surface area (Å²) in [6.45, 7) is 5.10.